The summed E-state index contributed by atoms with van der Waals surface area (Å²) in [6.45, 7) is 4.69. The molecule has 2 heteroatoms. The van der Waals surface area contributed by atoms with Crippen molar-refractivity contribution in [1.29, 1.82) is 0 Å². The van der Waals surface area contributed by atoms with Crippen LogP contribution in [0.25, 0.3) is 82.4 Å². The molecule has 2 nitrogen and oxygen atoms in total. The van der Waals surface area contributed by atoms with Gasteiger partial charge in [0.15, 0.2) is 0 Å². The molecule has 9 aromatic carbocycles. The van der Waals surface area contributed by atoms with Gasteiger partial charge in [0, 0.05) is 38.9 Å². The average Bonchev–Trinajstić information content (AvgIpc) is 3.68. The molecule has 1 heterocycles. The third kappa shape index (κ3) is 4.31. The fourth-order valence-corrected chi connectivity index (χ4v) is 9.75. The van der Waals surface area contributed by atoms with Gasteiger partial charge in [0.2, 0.25) is 0 Å². The van der Waals surface area contributed by atoms with Crippen molar-refractivity contribution in [3.05, 3.63) is 193 Å². The van der Waals surface area contributed by atoms with E-state index in [2.05, 4.69) is 205 Å². The van der Waals surface area contributed by atoms with E-state index in [9.17, 15) is 0 Å². The molecule has 2 aliphatic rings. The highest BCUT2D eigenvalue weighted by atomic mass is 15.1. The Kier molecular flexibility index (Phi) is 6.15. The van der Waals surface area contributed by atoms with Gasteiger partial charge in [0.25, 0.3) is 0 Å². The second kappa shape index (κ2) is 11.1. The molecular weight excluding hydrogens is 665 g/mol. The molecule has 0 bridgehead atoms. The lowest BCUT2D eigenvalue weighted by molar-refractivity contribution is 0.660. The van der Waals surface area contributed by atoms with Crippen molar-refractivity contribution in [3.63, 3.8) is 0 Å². The molecule has 258 valence electrons. The topological polar surface area (TPSA) is 8.17 Å². The van der Waals surface area contributed by atoms with E-state index in [-0.39, 0.29) is 5.41 Å². The highest BCUT2D eigenvalue weighted by Gasteiger charge is 2.35. The smallest absolute Gasteiger partial charge is 0.0541 e. The van der Waals surface area contributed by atoms with Crippen LogP contribution in [0.1, 0.15) is 25.0 Å². The molecule has 0 unspecified atom stereocenters. The van der Waals surface area contributed by atoms with Gasteiger partial charge in [-0.3, -0.25) is 0 Å². The standard InChI is InChI=1S/C53H36N2/c1-53(2)49-17-9-6-14-41(49)48-32-40(24-25-50(48)53)54(37-12-4-3-5-13-37)38-22-20-33-28-44-45-29-34-21-23-39(27-36(34)31-47(45)46(44)30-35(33)26-38)55-51-18-10-7-15-42(51)43-16-8-11-19-52(43)55/h3-32H,1-2H3. The van der Waals surface area contributed by atoms with Crippen LogP contribution in [0.5, 0.6) is 0 Å². The Morgan fingerprint density at radius 2 is 0.891 bits per heavy atom. The number of nitrogens with zero attached hydrogens (tertiary/aromatic N) is 2. The van der Waals surface area contributed by atoms with Gasteiger partial charge in [-0.05, 0) is 151 Å². The minimum atomic E-state index is -0.0267. The number of aromatic nitrogens is 1. The monoisotopic (exact) mass is 700 g/mol. The Bertz CT molecular complexity index is 3180. The van der Waals surface area contributed by atoms with E-state index < -0.39 is 0 Å². The second-order valence-electron chi connectivity index (χ2n) is 15.8. The number of benzene rings is 9. The van der Waals surface area contributed by atoms with Gasteiger partial charge in [0.1, 0.15) is 0 Å². The molecule has 0 aliphatic heterocycles. The lowest BCUT2D eigenvalue weighted by Crippen LogP contribution is -2.15. The number of rotatable bonds is 4. The number of anilines is 3. The van der Waals surface area contributed by atoms with E-state index in [0.29, 0.717) is 0 Å². The van der Waals surface area contributed by atoms with Crippen LogP contribution in [-0.2, 0) is 5.41 Å². The van der Waals surface area contributed by atoms with E-state index in [1.54, 1.807) is 0 Å². The van der Waals surface area contributed by atoms with Crippen LogP contribution in [0.3, 0.4) is 0 Å². The van der Waals surface area contributed by atoms with Crippen molar-refractivity contribution in [2.24, 2.45) is 0 Å². The van der Waals surface area contributed by atoms with Crippen LogP contribution in [0.15, 0.2) is 182 Å². The Morgan fingerprint density at radius 3 is 1.60 bits per heavy atom. The van der Waals surface area contributed by atoms with Crippen LogP contribution in [-0.4, -0.2) is 4.57 Å². The fourth-order valence-electron chi connectivity index (χ4n) is 9.75. The zero-order valence-corrected chi connectivity index (χ0v) is 30.7. The van der Waals surface area contributed by atoms with Gasteiger partial charge >= 0.3 is 0 Å². The summed E-state index contributed by atoms with van der Waals surface area (Å²) in [4.78, 5) is 2.41. The van der Waals surface area contributed by atoms with Gasteiger partial charge in [0.05, 0.1) is 11.0 Å². The summed E-state index contributed by atoms with van der Waals surface area (Å²) >= 11 is 0. The van der Waals surface area contributed by atoms with Gasteiger partial charge in [-0.15, -0.1) is 0 Å². The Hall–Kier alpha value is -6.90. The van der Waals surface area contributed by atoms with Crippen molar-refractivity contribution in [2.45, 2.75) is 19.3 Å². The molecule has 2 aliphatic carbocycles. The molecule has 0 atom stereocenters. The number of hydrogen-bond acceptors (Lipinski definition) is 1. The molecule has 55 heavy (non-hydrogen) atoms. The molecule has 0 spiro atoms. The second-order valence-corrected chi connectivity index (χ2v) is 15.8. The van der Waals surface area contributed by atoms with Crippen LogP contribution < -0.4 is 4.90 Å². The average molecular weight is 701 g/mol. The molecule has 0 amide bonds. The summed E-state index contributed by atoms with van der Waals surface area (Å²) in [5.41, 5.74) is 17.9. The lowest BCUT2D eigenvalue weighted by Gasteiger charge is -2.28. The quantitative estimate of drug-likeness (QED) is 0.177. The SMILES string of the molecule is CC1(C)c2ccccc2-c2cc(N(c3ccccc3)c3ccc4cc5c(cc4c3)-c3cc4cc(-n6c7ccccc7c7ccccc76)ccc4cc3-5)ccc21. The predicted molar refractivity (Wildman–Crippen MR) is 232 cm³/mol. The summed E-state index contributed by atoms with van der Waals surface area (Å²) in [7, 11) is 0. The molecule has 0 saturated heterocycles. The molecular formula is C53H36N2. The Labute approximate surface area is 320 Å². The van der Waals surface area contributed by atoms with Crippen LogP contribution in [0.2, 0.25) is 0 Å². The van der Waals surface area contributed by atoms with Gasteiger partial charge in [-0.2, -0.15) is 0 Å². The fraction of sp³-hybridized carbons (Fsp3) is 0.0566. The summed E-state index contributed by atoms with van der Waals surface area (Å²) in [5.74, 6) is 0. The third-order valence-corrected chi connectivity index (χ3v) is 12.4. The van der Waals surface area contributed by atoms with Crippen molar-refractivity contribution in [2.75, 3.05) is 4.90 Å². The molecule has 1 aromatic heterocycles. The van der Waals surface area contributed by atoms with E-state index >= 15 is 0 Å². The molecule has 12 rings (SSSR count). The maximum atomic E-state index is 2.41. The summed E-state index contributed by atoms with van der Waals surface area (Å²) < 4.78 is 2.41. The maximum absolute atomic E-state index is 2.41. The van der Waals surface area contributed by atoms with E-state index in [0.717, 1.165) is 17.1 Å². The zero-order valence-electron chi connectivity index (χ0n) is 30.7. The number of fused-ring (bicyclic) bond motifs is 12. The number of para-hydroxylation sites is 3. The molecule has 0 N–H and O–H groups in total. The summed E-state index contributed by atoms with van der Waals surface area (Å²) in [5, 5.41) is 7.60. The van der Waals surface area contributed by atoms with Gasteiger partial charge in [-0.1, -0.05) is 111 Å². The van der Waals surface area contributed by atoms with Gasteiger partial charge < -0.3 is 9.47 Å². The van der Waals surface area contributed by atoms with Crippen molar-refractivity contribution < 1.29 is 0 Å². The largest absolute Gasteiger partial charge is 0.310 e. The van der Waals surface area contributed by atoms with E-state index in [1.807, 2.05) is 0 Å². The first-order valence-corrected chi connectivity index (χ1v) is 19.3. The van der Waals surface area contributed by atoms with Gasteiger partial charge in [-0.25, -0.2) is 0 Å². The van der Waals surface area contributed by atoms with Crippen LogP contribution in [0.4, 0.5) is 17.1 Å². The Morgan fingerprint density at radius 1 is 0.364 bits per heavy atom. The molecule has 0 fully saturated rings. The van der Waals surface area contributed by atoms with Crippen molar-refractivity contribution in [3.8, 4) is 39.1 Å². The van der Waals surface area contributed by atoms with E-state index in [1.165, 1.54) is 93.5 Å². The first-order chi connectivity index (χ1) is 27.0. The minimum Gasteiger partial charge on any atom is -0.310 e. The van der Waals surface area contributed by atoms with E-state index in [4.69, 9.17) is 0 Å². The summed E-state index contributed by atoms with van der Waals surface area (Å²) in [6.07, 6.45) is 0. The maximum Gasteiger partial charge on any atom is 0.0541 e. The minimum absolute atomic E-state index is 0.0267. The predicted octanol–water partition coefficient (Wildman–Crippen LogP) is 14.5. The number of hydrogen-bond donors (Lipinski definition) is 0. The molecule has 10 aromatic rings. The third-order valence-electron chi connectivity index (χ3n) is 12.4. The summed E-state index contributed by atoms with van der Waals surface area (Å²) in [6, 6.07) is 67.6. The Balaban J connectivity index is 0.968. The van der Waals surface area contributed by atoms with Crippen LogP contribution >= 0.6 is 0 Å². The molecule has 0 saturated carbocycles. The highest BCUT2D eigenvalue weighted by Crippen LogP contribution is 2.53. The zero-order chi connectivity index (χ0) is 36.4. The lowest BCUT2D eigenvalue weighted by atomic mass is 9.78. The van der Waals surface area contributed by atoms with Crippen LogP contribution in [0, 0.1) is 0 Å². The van der Waals surface area contributed by atoms with Crippen molar-refractivity contribution >= 4 is 60.4 Å². The first-order valence-electron chi connectivity index (χ1n) is 19.3. The first kappa shape index (κ1) is 30.6. The normalized spacial score (nSPS) is 13.4. The highest BCUT2D eigenvalue weighted by molar-refractivity contribution is 6.13. The molecule has 0 radical (unpaired) electrons. The van der Waals surface area contributed by atoms with Crippen molar-refractivity contribution in [1.82, 2.24) is 4.57 Å².